The van der Waals surface area contributed by atoms with Crippen molar-refractivity contribution in [1.82, 2.24) is 24.4 Å². The Balaban J connectivity index is 0.00000210. The Bertz CT molecular complexity index is 929. The van der Waals surface area contributed by atoms with Crippen molar-refractivity contribution in [2.24, 2.45) is 0 Å². The molecule has 0 atom stereocenters. The summed E-state index contributed by atoms with van der Waals surface area (Å²) in [6.07, 6.45) is 1.26. The molecule has 0 spiro atoms. The summed E-state index contributed by atoms with van der Waals surface area (Å²) in [4.78, 5) is -0.366. The molecule has 148 valence electrons. The molecule has 1 aromatic heterocycles. The highest BCUT2D eigenvalue weighted by Gasteiger charge is 2.34. The molecule has 0 saturated carbocycles. The van der Waals surface area contributed by atoms with Gasteiger partial charge in [0.15, 0.2) is 0 Å². The van der Waals surface area contributed by atoms with Crippen molar-refractivity contribution < 1.29 is 12.8 Å². The van der Waals surface area contributed by atoms with Crippen molar-refractivity contribution in [3.8, 4) is 0 Å². The van der Waals surface area contributed by atoms with E-state index in [0.717, 1.165) is 30.8 Å². The van der Waals surface area contributed by atoms with Crippen molar-refractivity contribution >= 4 is 34.0 Å². The van der Waals surface area contributed by atoms with Crippen molar-refractivity contribution in [2.75, 3.05) is 19.6 Å². The Kier molecular flexibility index (Phi) is 6.07. The highest BCUT2D eigenvalue weighted by molar-refractivity contribution is 7.89. The van der Waals surface area contributed by atoms with Gasteiger partial charge in [0.1, 0.15) is 22.4 Å². The van der Waals surface area contributed by atoms with Crippen LogP contribution in [0.1, 0.15) is 30.4 Å². The number of hydrogen-bond donors (Lipinski definition) is 1. The molecule has 2 aliphatic heterocycles. The lowest BCUT2D eigenvalue weighted by Gasteiger charge is -2.31. The van der Waals surface area contributed by atoms with E-state index >= 15 is 0 Å². The first-order valence-corrected chi connectivity index (χ1v) is 10.4. The van der Waals surface area contributed by atoms with Crippen LogP contribution in [-0.4, -0.2) is 47.1 Å². The molecule has 0 unspecified atom stereocenters. The van der Waals surface area contributed by atoms with E-state index in [1.165, 1.54) is 16.4 Å². The average Bonchev–Trinajstić information content (AvgIpc) is 3.08. The summed E-state index contributed by atoms with van der Waals surface area (Å²) in [5.74, 6) is 1.22. The number of benzene rings is 1. The molecule has 0 aliphatic carbocycles. The number of piperidine rings is 1. The first-order chi connectivity index (χ1) is 12.5. The molecular formula is C16H20Cl2FN5O2S. The third-order valence-corrected chi connectivity index (χ3v) is 7.13. The van der Waals surface area contributed by atoms with Crippen molar-refractivity contribution in [2.45, 2.75) is 36.7 Å². The normalized spacial score (nSPS) is 18.7. The zero-order valence-corrected chi connectivity index (χ0v) is 16.8. The summed E-state index contributed by atoms with van der Waals surface area (Å²) in [5, 5.41) is 12.0. The third kappa shape index (κ3) is 3.84. The number of sulfonamides is 1. The van der Waals surface area contributed by atoms with Crippen LogP contribution in [0.15, 0.2) is 23.1 Å². The Morgan fingerprint density at radius 2 is 1.93 bits per heavy atom. The van der Waals surface area contributed by atoms with E-state index in [0.29, 0.717) is 32.5 Å². The van der Waals surface area contributed by atoms with Gasteiger partial charge in [-0.15, -0.1) is 22.6 Å². The Morgan fingerprint density at radius 1 is 1.19 bits per heavy atom. The van der Waals surface area contributed by atoms with Crippen LogP contribution in [0, 0.1) is 5.82 Å². The lowest BCUT2D eigenvalue weighted by atomic mass is 9.97. The van der Waals surface area contributed by atoms with Crippen LogP contribution >= 0.6 is 24.0 Å². The molecule has 2 aliphatic rings. The van der Waals surface area contributed by atoms with Crippen LogP contribution in [0.25, 0.3) is 0 Å². The van der Waals surface area contributed by atoms with Gasteiger partial charge >= 0.3 is 0 Å². The Morgan fingerprint density at radius 3 is 2.67 bits per heavy atom. The first-order valence-electron chi connectivity index (χ1n) is 8.54. The minimum Gasteiger partial charge on any atom is -0.312 e. The number of nitrogens with zero attached hydrogens (tertiary/aromatic N) is 4. The third-order valence-electron chi connectivity index (χ3n) is 4.98. The SMILES string of the molecule is Cl.O=S(=O)(c1cc(Cl)ccc1F)N1CCC(c2nnc3n2CCNC3)CC1. The predicted octanol–water partition coefficient (Wildman–Crippen LogP) is 2.16. The maximum Gasteiger partial charge on any atom is 0.246 e. The summed E-state index contributed by atoms with van der Waals surface area (Å²) in [7, 11) is -3.90. The maximum atomic E-state index is 14.0. The lowest BCUT2D eigenvalue weighted by Crippen LogP contribution is -2.39. The van der Waals surface area contributed by atoms with Gasteiger partial charge in [0.05, 0.1) is 6.54 Å². The van der Waals surface area contributed by atoms with E-state index < -0.39 is 15.8 Å². The second kappa shape index (κ2) is 8.00. The topological polar surface area (TPSA) is 80.1 Å². The highest BCUT2D eigenvalue weighted by Crippen LogP contribution is 2.31. The fraction of sp³-hybridized carbons (Fsp3) is 0.500. The molecule has 0 amide bonds. The second-order valence-electron chi connectivity index (χ2n) is 6.56. The lowest BCUT2D eigenvalue weighted by molar-refractivity contribution is 0.306. The van der Waals surface area contributed by atoms with Crippen LogP contribution in [-0.2, 0) is 23.1 Å². The fourth-order valence-electron chi connectivity index (χ4n) is 3.58. The minimum atomic E-state index is -3.90. The van der Waals surface area contributed by atoms with E-state index in [1.54, 1.807) is 0 Å². The van der Waals surface area contributed by atoms with Gasteiger partial charge in [-0.1, -0.05) is 11.6 Å². The van der Waals surface area contributed by atoms with Crippen LogP contribution in [0.3, 0.4) is 0 Å². The zero-order chi connectivity index (χ0) is 18.3. The number of halogens is 3. The van der Waals surface area contributed by atoms with Gasteiger partial charge in [-0.3, -0.25) is 0 Å². The molecule has 1 aromatic carbocycles. The summed E-state index contributed by atoms with van der Waals surface area (Å²) in [6.45, 7) is 3.04. The predicted molar refractivity (Wildman–Crippen MR) is 101 cm³/mol. The standard InChI is InChI=1S/C16H19ClFN5O2S.ClH/c17-12-1-2-13(18)14(9-12)26(24,25)22-6-3-11(4-7-22)16-21-20-15-10-19-5-8-23(15)16;/h1-2,9,11,19H,3-8,10H2;1H. The number of aromatic nitrogens is 3. The van der Waals surface area contributed by atoms with Crippen molar-refractivity contribution in [3.05, 3.63) is 40.7 Å². The van der Waals surface area contributed by atoms with E-state index in [9.17, 15) is 12.8 Å². The summed E-state index contributed by atoms with van der Waals surface area (Å²) in [5.41, 5.74) is 0. The van der Waals surface area contributed by atoms with Gasteiger partial charge in [0, 0.05) is 37.1 Å². The van der Waals surface area contributed by atoms with Gasteiger partial charge in [0.25, 0.3) is 0 Å². The van der Waals surface area contributed by atoms with Gasteiger partial charge < -0.3 is 9.88 Å². The van der Waals surface area contributed by atoms with E-state index in [2.05, 4.69) is 20.1 Å². The number of fused-ring (bicyclic) bond motifs is 1. The van der Waals surface area contributed by atoms with Crippen LogP contribution in [0.5, 0.6) is 0 Å². The highest BCUT2D eigenvalue weighted by atomic mass is 35.5. The number of hydrogen-bond acceptors (Lipinski definition) is 5. The van der Waals surface area contributed by atoms with Gasteiger partial charge in [-0.05, 0) is 31.0 Å². The average molecular weight is 436 g/mol. The zero-order valence-electron chi connectivity index (χ0n) is 14.4. The quantitative estimate of drug-likeness (QED) is 0.798. The van der Waals surface area contributed by atoms with E-state index in [1.807, 2.05) is 0 Å². The first kappa shape index (κ1) is 20.5. The molecule has 0 bridgehead atoms. The molecule has 1 fully saturated rings. The van der Waals surface area contributed by atoms with Crippen molar-refractivity contribution in [3.63, 3.8) is 0 Å². The fourth-order valence-corrected chi connectivity index (χ4v) is 5.38. The molecule has 7 nitrogen and oxygen atoms in total. The molecule has 1 N–H and O–H groups in total. The molecule has 11 heteroatoms. The van der Waals surface area contributed by atoms with Gasteiger partial charge in [0.2, 0.25) is 10.0 Å². The molecule has 4 rings (SSSR count). The second-order valence-corrected chi connectivity index (χ2v) is 8.90. The Labute approximate surface area is 168 Å². The van der Waals surface area contributed by atoms with Crippen LogP contribution in [0.2, 0.25) is 5.02 Å². The summed E-state index contributed by atoms with van der Waals surface area (Å²) < 4.78 is 43.0. The number of rotatable bonds is 3. The largest absolute Gasteiger partial charge is 0.312 e. The van der Waals surface area contributed by atoms with E-state index in [-0.39, 0.29) is 28.2 Å². The van der Waals surface area contributed by atoms with Gasteiger partial charge in [-0.25, -0.2) is 12.8 Å². The van der Waals surface area contributed by atoms with Crippen LogP contribution < -0.4 is 5.32 Å². The molecular weight excluding hydrogens is 416 g/mol. The van der Waals surface area contributed by atoms with E-state index in [4.69, 9.17) is 11.6 Å². The van der Waals surface area contributed by atoms with Crippen molar-refractivity contribution in [1.29, 1.82) is 0 Å². The molecule has 2 aromatic rings. The molecule has 1 saturated heterocycles. The molecule has 27 heavy (non-hydrogen) atoms. The van der Waals surface area contributed by atoms with Crippen LogP contribution in [0.4, 0.5) is 4.39 Å². The molecule has 0 radical (unpaired) electrons. The number of nitrogens with one attached hydrogen (secondary N) is 1. The van der Waals surface area contributed by atoms with Gasteiger partial charge in [-0.2, -0.15) is 4.31 Å². The maximum absolute atomic E-state index is 14.0. The minimum absolute atomic E-state index is 0. The smallest absolute Gasteiger partial charge is 0.246 e. The Hall–Kier alpha value is -1.26. The monoisotopic (exact) mass is 435 g/mol. The molecule has 3 heterocycles. The summed E-state index contributed by atoms with van der Waals surface area (Å²) >= 11 is 5.85. The summed E-state index contributed by atoms with van der Waals surface area (Å²) in [6, 6.07) is 3.59.